The van der Waals surface area contributed by atoms with Crippen molar-refractivity contribution in [1.29, 1.82) is 0 Å². The molecular weight excluding hydrogens is 352 g/mol. The van der Waals surface area contributed by atoms with Gasteiger partial charge in [-0.25, -0.2) is 4.79 Å². The maximum Gasteiger partial charge on any atom is 0.340 e. The second kappa shape index (κ2) is 8.86. The molecule has 0 aromatic carbocycles. The van der Waals surface area contributed by atoms with Crippen molar-refractivity contribution in [3.05, 3.63) is 22.5 Å². The van der Waals surface area contributed by atoms with E-state index in [1.165, 1.54) is 0 Å². The van der Waals surface area contributed by atoms with Crippen molar-refractivity contribution in [2.75, 3.05) is 40.1 Å². The molecule has 2 aliphatic heterocycles. The number of hydrogen-bond donors (Lipinski definition) is 1. The number of methoxy groups -OCH3 is 1. The summed E-state index contributed by atoms with van der Waals surface area (Å²) < 4.78 is 21.4. The number of aryl methyl sites for hydroxylation is 1. The van der Waals surface area contributed by atoms with Crippen LogP contribution in [0.5, 0.6) is 0 Å². The first kappa shape index (κ1) is 19.9. The molecule has 0 radical (unpaired) electrons. The van der Waals surface area contributed by atoms with E-state index in [0.29, 0.717) is 48.9 Å². The van der Waals surface area contributed by atoms with Crippen LogP contribution in [0.2, 0.25) is 0 Å². The zero-order chi connectivity index (χ0) is 19.4. The maximum atomic E-state index is 13.2. The molecule has 150 valence electrons. The molecule has 1 aromatic rings. The topological polar surface area (TPSA) is 90.1 Å². The molecule has 2 aliphatic rings. The Morgan fingerprint density at radius 2 is 1.93 bits per heavy atom. The monoisotopic (exact) mass is 380 g/mol. The molecule has 2 fully saturated rings. The summed E-state index contributed by atoms with van der Waals surface area (Å²) in [5.74, 6) is -0.578. The molecule has 0 saturated carbocycles. The largest absolute Gasteiger partial charge is 0.460 e. The summed E-state index contributed by atoms with van der Waals surface area (Å²) in [4.78, 5) is 30.5. The van der Waals surface area contributed by atoms with Crippen LogP contribution in [-0.2, 0) is 18.9 Å². The van der Waals surface area contributed by atoms with Gasteiger partial charge in [0, 0.05) is 19.3 Å². The third kappa shape index (κ3) is 4.17. The molecule has 3 rings (SSSR count). The average molecular weight is 380 g/mol. The standard InChI is InChI=1S/C19H28N2O6/c1-12-15(18(23)25-9-8-24-3)13(2)20-16(12)17(22)21-7-5-4-6-14(21)19-26-10-11-27-19/h14,19-20H,4-11H2,1-3H3. The van der Waals surface area contributed by atoms with Crippen LogP contribution < -0.4 is 0 Å². The highest BCUT2D eigenvalue weighted by molar-refractivity contribution is 6.00. The minimum Gasteiger partial charge on any atom is -0.460 e. The smallest absolute Gasteiger partial charge is 0.340 e. The Morgan fingerprint density at radius 1 is 1.19 bits per heavy atom. The molecule has 0 aliphatic carbocycles. The van der Waals surface area contributed by atoms with Gasteiger partial charge in [0.15, 0.2) is 6.29 Å². The zero-order valence-corrected chi connectivity index (χ0v) is 16.2. The second-order valence-corrected chi connectivity index (χ2v) is 6.93. The molecule has 1 amide bonds. The molecule has 1 aromatic heterocycles. The van der Waals surface area contributed by atoms with Crippen molar-refractivity contribution < 1.29 is 28.5 Å². The van der Waals surface area contributed by atoms with Gasteiger partial charge in [0.25, 0.3) is 5.91 Å². The number of rotatable bonds is 6. The van der Waals surface area contributed by atoms with E-state index in [0.717, 1.165) is 19.3 Å². The number of carbonyl (C=O) groups is 2. The molecule has 0 bridgehead atoms. The summed E-state index contributed by atoms with van der Waals surface area (Å²) in [6, 6.07) is -0.103. The van der Waals surface area contributed by atoms with E-state index in [2.05, 4.69) is 4.98 Å². The van der Waals surface area contributed by atoms with E-state index in [4.69, 9.17) is 18.9 Å². The second-order valence-electron chi connectivity index (χ2n) is 6.93. The number of hydrogen-bond acceptors (Lipinski definition) is 6. The number of aromatic nitrogens is 1. The van der Waals surface area contributed by atoms with Gasteiger partial charge in [0.2, 0.25) is 0 Å². The van der Waals surface area contributed by atoms with Gasteiger partial charge in [-0.15, -0.1) is 0 Å². The van der Waals surface area contributed by atoms with Crippen LogP contribution in [0.15, 0.2) is 0 Å². The van der Waals surface area contributed by atoms with E-state index < -0.39 is 5.97 Å². The summed E-state index contributed by atoms with van der Waals surface area (Å²) in [5.41, 5.74) is 2.07. The van der Waals surface area contributed by atoms with Gasteiger partial charge in [0.1, 0.15) is 12.3 Å². The van der Waals surface area contributed by atoms with Crippen molar-refractivity contribution >= 4 is 11.9 Å². The number of esters is 1. The lowest BCUT2D eigenvalue weighted by atomic mass is 10.0. The minimum atomic E-state index is -0.449. The number of H-pyrrole nitrogens is 1. The molecule has 1 N–H and O–H groups in total. The van der Waals surface area contributed by atoms with Gasteiger partial charge >= 0.3 is 5.97 Å². The van der Waals surface area contributed by atoms with Crippen LogP contribution in [-0.4, -0.2) is 74.2 Å². The van der Waals surface area contributed by atoms with E-state index in [1.54, 1.807) is 21.0 Å². The van der Waals surface area contributed by atoms with Gasteiger partial charge in [-0.05, 0) is 38.7 Å². The molecule has 1 unspecified atom stereocenters. The van der Waals surface area contributed by atoms with Crippen molar-refractivity contribution in [2.45, 2.75) is 45.4 Å². The Hall–Kier alpha value is -1.90. The number of likely N-dealkylation sites (tertiary alicyclic amines) is 1. The Morgan fingerprint density at radius 3 is 2.63 bits per heavy atom. The van der Waals surface area contributed by atoms with Gasteiger partial charge < -0.3 is 28.8 Å². The first-order chi connectivity index (χ1) is 13.0. The van der Waals surface area contributed by atoms with Gasteiger partial charge in [-0.3, -0.25) is 4.79 Å². The van der Waals surface area contributed by atoms with Crippen LogP contribution >= 0.6 is 0 Å². The predicted octanol–water partition coefficient (Wildman–Crippen LogP) is 1.80. The van der Waals surface area contributed by atoms with Crippen LogP contribution in [0.3, 0.4) is 0 Å². The third-order valence-electron chi connectivity index (χ3n) is 5.15. The number of carbonyl (C=O) groups excluding carboxylic acids is 2. The van der Waals surface area contributed by atoms with E-state index >= 15 is 0 Å². The summed E-state index contributed by atoms with van der Waals surface area (Å²) in [6.07, 6.45) is 2.46. The minimum absolute atomic E-state index is 0.103. The lowest BCUT2D eigenvalue weighted by molar-refractivity contribution is -0.100. The number of nitrogens with one attached hydrogen (secondary N) is 1. The maximum absolute atomic E-state index is 13.2. The Labute approximate surface area is 159 Å². The number of aromatic amines is 1. The highest BCUT2D eigenvalue weighted by atomic mass is 16.7. The molecule has 0 spiro atoms. The Bertz CT molecular complexity index is 680. The molecular formula is C19H28N2O6. The normalized spacial score (nSPS) is 20.9. The van der Waals surface area contributed by atoms with Crippen LogP contribution in [0.4, 0.5) is 0 Å². The molecule has 3 heterocycles. The van der Waals surface area contributed by atoms with Crippen molar-refractivity contribution in [3.63, 3.8) is 0 Å². The van der Waals surface area contributed by atoms with Crippen molar-refractivity contribution in [3.8, 4) is 0 Å². The molecule has 8 heteroatoms. The predicted molar refractivity (Wildman–Crippen MR) is 96.8 cm³/mol. The fraction of sp³-hybridized carbons (Fsp3) is 0.684. The van der Waals surface area contributed by atoms with Crippen molar-refractivity contribution in [1.82, 2.24) is 9.88 Å². The summed E-state index contributed by atoms with van der Waals surface area (Å²) in [5, 5.41) is 0. The summed E-state index contributed by atoms with van der Waals surface area (Å²) in [7, 11) is 1.55. The number of nitrogens with zero attached hydrogens (tertiary/aromatic N) is 1. The summed E-state index contributed by atoms with van der Waals surface area (Å²) in [6.45, 7) is 5.81. The molecule has 8 nitrogen and oxygen atoms in total. The fourth-order valence-electron chi connectivity index (χ4n) is 3.79. The number of ether oxygens (including phenoxy) is 4. The SMILES string of the molecule is COCCOC(=O)c1c(C)[nH]c(C(=O)N2CCCCC2C2OCCO2)c1C. The average Bonchev–Trinajstić information content (AvgIpc) is 3.29. The fourth-order valence-corrected chi connectivity index (χ4v) is 3.79. The first-order valence-corrected chi connectivity index (χ1v) is 9.44. The molecule has 27 heavy (non-hydrogen) atoms. The molecule has 1 atom stereocenters. The zero-order valence-electron chi connectivity index (χ0n) is 16.2. The van der Waals surface area contributed by atoms with E-state index in [1.807, 2.05) is 4.90 Å². The quantitative estimate of drug-likeness (QED) is 0.598. The Kier molecular flexibility index (Phi) is 6.51. The lowest BCUT2D eigenvalue weighted by Gasteiger charge is -2.37. The van der Waals surface area contributed by atoms with E-state index in [9.17, 15) is 9.59 Å². The van der Waals surface area contributed by atoms with Gasteiger partial charge in [-0.1, -0.05) is 0 Å². The third-order valence-corrected chi connectivity index (χ3v) is 5.15. The van der Waals surface area contributed by atoms with Gasteiger partial charge in [-0.2, -0.15) is 0 Å². The van der Waals surface area contributed by atoms with Gasteiger partial charge in [0.05, 0.1) is 31.4 Å². The van der Waals surface area contributed by atoms with E-state index in [-0.39, 0.29) is 24.8 Å². The lowest BCUT2D eigenvalue weighted by Crippen LogP contribution is -2.50. The number of piperidine rings is 1. The summed E-state index contributed by atoms with van der Waals surface area (Å²) >= 11 is 0. The highest BCUT2D eigenvalue weighted by Gasteiger charge is 2.38. The van der Waals surface area contributed by atoms with Crippen LogP contribution in [0.1, 0.15) is 51.4 Å². The highest BCUT2D eigenvalue weighted by Crippen LogP contribution is 2.28. The first-order valence-electron chi connectivity index (χ1n) is 9.44. The molecule has 2 saturated heterocycles. The van der Waals surface area contributed by atoms with Crippen molar-refractivity contribution in [2.24, 2.45) is 0 Å². The van der Waals surface area contributed by atoms with Crippen LogP contribution in [0, 0.1) is 13.8 Å². The Balaban J connectivity index is 1.79. The van der Waals surface area contributed by atoms with Crippen LogP contribution in [0.25, 0.3) is 0 Å². The number of amides is 1.